The maximum Gasteiger partial charge on any atom is 0.163 e. The zero-order valence-electron chi connectivity index (χ0n) is 11.5. The van der Waals surface area contributed by atoms with Crippen LogP contribution in [0.3, 0.4) is 0 Å². The number of Topliss-reactive ketones (excluding diaryl/α,β-unsaturated/α-hetero) is 1. The lowest BCUT2D eigenvalue weighted by Gasteiger charge is -2.32. The van der Waals surface area contributed by atoms with Gasteiger partial charge in [-0.1, -0.05) is 6.42 Å². The first-order chi connectivity index (χ1) is 9.08. The van der Waals surface area contributed by atoms with Crippen LogP contribution >= 0.6 is 0 Å². The van der Waals surface area contributed by atoms with Gasteiger partial charge < -0.3 is 9.64 Å². The monoisotopic (exact) mass is 265 g/mol. The third kappa shape index (κ3) is 3.53. The van der Waals surface area contributed by atoms with Crippen molar-refractivity contribution in [1.82, 2.24) is 4.90 Å². The zero-order valence-corrected chi connectivity index (χ0v) is 11.5. The SMILES string of the molecule is CC(=O)c1cc(F)ccc1OCC1CCCCN1C. The van der Waals surface area contributed by atoms with E-state index in [1.54, 1.807) is 0 Å². The molecule has 104 valence electrons. The van der Waals surface area contributed by atoms with Gasteiger partial charge in [-0.2, -0.15) is 0 Å². The Balaban J connectivity index is 2.04. The minimum atomic E-state index is -0.410. The summed E-state index contributed by atoms with van der Waals surface area (Å²) in [5.74, 6) is -0.105. The average molecular weight is 265 g/mol. The number of hydrogen-bond donors (Lipinski definition) is 0. The van der Waals surface area contributed by atoms with E-state index < -0.39 is 5.82 Å². The molecule has 0 radical (unpaired) electrons. The number of benzene rings is 1. The van der Waals surface area contributed by atoms with E-state index in [1.807, 2.05) is 0 Å². The van der Waals surface area contributed by atoms with Gasteiger partial charge in [0.05, 0.1) is 5.56 Å². The smallest absolute Gasteiger partial charge is 0.163 e. The number of carbonyl (C=O) groups is 1. The van der Waals surface area contributed by atoms with Crippen LogP contribution in [0.4, 0.5) is 4.39 Å². The lowest BCUT2D eigenvalue weighted by molar-refractivity contribution is 0.0999. The van der Waals surface area contributed by atoms with Gasteiger partial charge >= 0.3 is 0 Å². The second kappa shape index (κ2) is 6.15. The van der Waals surface area contributed by atoms with E-state index in [4.69, 9.17) is 4.74 Å². The van der Waals surface area contributed by atoms with Crippen molar-refractivity contribution in [2.24, 2.45) is 0 Å². The third-order valence-corrected chi connectivity index (χ3v) is 3.67. The molecule has 0 saturated carbocycles. The molecule has 1 aliphatic heterocycles. The van der Waals surface area contributed by atoms with E-state index in [9.17, 15) is 9.18 Å². The number of likely N-dealkylation sites (tertiary alicyclic amines) is 1. The van der Waals surface area contributed by atoms with Crippen LogP contribution in [0, 0.1) is 5.82 Å². The molecule has 0 N–H and O–H groups in total. The number of ketones is 1. The Morgan fingerprint density at radius 1 is 1.47 bits per heavy atom. The molecule has 1 aromatic carbocycles. The number of rotatable bonds is 4. The number of hydrogen-bond acceptors (Lipinski definition) is 3. The minimum absolute atomic E-state index is 0.175. The molecule has 1 heterocycles. The Morgan fingerprint density at radius 2 is 2.26 bits per heavy atom. The maximum absolute atomic E-state index is 13.1. The van der Waals surface area contributed by atoms with Crippen molar-refractivity contribution in [3.05, 3.63) is 29.6 Å². The van der Waals surface area contributed by atoms with Gasteiger partial charge in [-0.05, 0) is 51.6 Å². The molecule has 3 nitrogen and oxygen atoms in total. The lowest BCUT2D eigenvalue weighted by Crippen LogP contribution is -2.40. The van der Waals surface area contributed by atoms with Crippen LogP contribution in [0.25, 0.3) is 0 Å². The largest absolute Gasteiger partial charge is 0.491 e. The normalized spacial score (nSPS) is 20.3. The van der Waals surface area contributed by atoms with Crippen LogP contribution in [-0.4, -0.2) is 36.9 Å². The predicted octanol–water partition coefficient (Wildman–Crippen LogP) is 2.89. The van der Waals surface area contributed by atoms with Gasteiger partial charge in [-0.15, -0.1) is 0 Å². The molecule has 1 saturated heterocycles. The molecule has 0 bridgehead atoms. The maximum atomic E-state index is 13.1. The van der Waals surface area contributed by atoms with Crippen molar-refractivity contribution >= 4 is 5.78 Å². The molecular weight excluding hydrogens is 245 g/mol. The third-order valence-electron chi connectivity index (χ3n) is 3.67. The highest BCUT2D eigenvalue weighted by molar-refractivity contribution is 5.96. The average Bonchev–Trinajstić information content (AvgIpc) is 2.38. The van der Waals surface area contributed by atoms with Crippen molar-refractivity contribution in [3.63, 3.8) is 0 Å². The summed E-state index contributed by atoms with van der Waals surface area (Å²) in [4.78, 5) is 13.8. The molecule has 0 spiro atoms. The van der Waals surface area contributed by atoms with Crippen molar-refractivity contribution in [3.8, 4) is 5.75 Å². The molecule has 1 aromatic rings. The molecule has 2 rings (SSSR count). The van der Waals surface area contributed by atoms with Gasteiger partial charge in [0.1, 0.15) is 18.2 Å². The van der Waals surface area contributed by atoms with Crippen LogP contribution in [0.1, 0.15) is 36.5 Å². The minimum Gasteiger partial charge on any atom is -0.491 e. The first-order valence-electron chi connectivity index (χ1n) is 6.71. The van der Waals surface area contributed by atoms with Crippen LogP contribution < -0.4 is 4.74 Å². The van der Waals surface area contributed by atoms with Crippen molar-refractivity contribution in [2.75, 3.05) is 20.2 Å². The molecule has 19 heavy (non-hydrogen) atoms. The number of halogens is 1. The Hall–Kier alpha value is -1.42. The molecule has 1 fully saturated rings. The molecule has 4 heteroatoms. The van der Waals surface area contributed by atoms with E-state index in [0.717, 1.165) is 13.0 Å². The molecule has 1 unspecified atom stereocenters. The molecule has 1 aliphatic rings. The standard InChI is InChI=1S/C15H20FNO2/c1-11(18)14-9-12(16)6-7-15(14)19-10-13-5-3-4-8-17(13)2/h6-7,9,13H,3-5,8,10H2,1-2H3. The van der Waals surface area contributed by atoms with Crippen molar-refractivity contribution in [1.29, 1.82) is 0 Å². The predicted molar refractivity (Wildman–Crippen MR) is 72.2 cm³/mol. The van der Waals surface area contributed by atoms with Gasteiger partial charge in [0, 0.05) is 6.04 Å². The van der Waals surface area contributed by atoms with Crippen LogP contribution in [-0.2, 0) is 0 Å². The number of carbonyl (C=O) groups excluding carboxylic acids is 1. The summed E-state index contributed by atoms with van der Waals surface area (Å²) in [6, 6.07) is 4.47. The molecule has 1 atom stereocenters. The fraction of sp³-hybridized carbons (Fsp3) is 0.533. The quantitative estimate of drug-likeness (QED) is 0.784. The zero-order chi connectivity index (χ0) is 13.8. The van der Waals surface area contributed by atoms with Crippen molar-refractivity contribution in [2.45, 2.75) is 32.2 Å². The van der Waals surface area contributed by atoms with Gasteiger partial charge in [0.2, 0.25) is 0 Å². The highest BCUT2D eigenvalue weighted by Gasteiger charge is 2.20. The highest BCUT2D eigenvalue weighted by Crippen LogP contribution is 2.22. The topological polar surface area (TPSA) is 29.5 Å². The number of likely N-dealkylation sites (N-methyl/N-ethyl adjacent to an activating group) is 1. The Bertz CT molecular complexity index is 461. The summed E-state index contributed by atoms with van der Waals surface area (Å²) in [6.45, 7) is 3.05. The highest BCUT2D eigenvalue weighted by atomic mass is 19.1. The first-order valence-corrected chi connectivity index (χ1v) is 6.71. The lowest BCUT2D eigenvalue weighted by atomic mass is 10.0. The van der Waals surface area contributed by atoms with E-state index in [2.05, 4.69) is 11.9 Å². The summed E-state index contributed by atoms with van der Waals surface area (Å²) < 4.78 is 18.9. The number of piperidine rings is 1. The van der Waals surface area contributed by atoms with E-state index >= 15 is 0 Å². The Kier molecular flexibility index (Phi) is 4.53. The van der Waals surface area contributed by atoms with Crippen LogP contribution in [0.5, 0.6) is 5.75 Å². The summed E-state index contributed by atoms with van der Waals surface area (Å²) in [5.41, 5.74) is 0.318. The van der Waals surface area contributed by atoms with Gasteiger partial charge in [0.15, 0.2) is 5.78 Å². The Morgan fingerprint density at radius 3 is 2.95 bits per heavy atom. The molecular formula is C15H20FNO2. The van der Waals surface area contributed by atoms with Gasteiger partial charge in [0.25, 0.3) is 0 Å². The first kappa shape index (κ1) is 14.0. The summed E-state index contributed by atoms with van der Waals surface area (Å²) in [6.07, 6.45) is 3.54. The summed E-state index contributed by atoms with van der Waals surface area (Å²) >= 11 is 0. The van der Waals surface area contributed by atoms with E-state index in [-0.39, 0.29) is 5.78 Å². The van der Waals surface area contributed by atoms with Gasteiger partial charge in [-0.25, -0.2) is 4.39 Å². The second-order valence-corrected chi connectivity index (χ2v) is 5.14. The van der Waals surface area contributed by atoms with Crippen molar-refractivity contribution < 1.29 is 13.9 Å². The fourth-order valence-electron chi connectivity index (χ4n) is 2.44. The van der Waals surface area contributed by atoms with E-state index in [1.165, 1.54) is 38.0 Å². The van der Waals surface area contributed by atoms with E-state index in [0.29, 0.717) is 24.0 Å². The molecule has 0 aromatic heterocycles. The molecule has 0 aliphatic carbocycles. The number of nitrogens with zero attached hydrogens (tertiary/aromatic N) is 1. The van der Waals surface area contributed by atoms with Crippen LogP contribution in [0.2, 0.25) is 0 Å². The number of ether oxygens (including phenoxy) is 1. The Labute approximate surface area is 113 Å². The summed E-state index contributed by atoms with van der Waals surface area (Å²) in [7, 11) is 2.09. The van der Waals surface area contributed by atoms with Crippen LogP contribution in [0.15, 0.2) is 18.2 Å². The summed E-state index contributed by atoms with van der Waals surface area (Å²) in [5, 5.41) is 0. The fourth-order valence-corrected chi connectivity index (χ4v) is 2.44. The molecule has 0 amide bonds. The van der Waals surface area contributed by atoms with Gasteiger partial charge in [-0.3, -0.25) is 4.79 Å². The second-order valence-electron chi connectivity index (χ2n) is 5.14.